The van der Waals surface area contributed by atoms with Crippen molar-refractivity contribution >= 4 is 32.6 Å². The Morgan fingerprint density at radius 2 is 1.48 bits per heavy atom. The lowest BCUT2D eigenvalue weighted by atomic mass is 10.1. The maximum Gasteiger partial charge on any atom is 0.248 e. The van der Waals surface area contributed by atoms with Gasteiger partial charge in [-0.2, -0.15) is 0 Å². The summed E-state index contributed by atoms with van der Waals surface area (Å²) >= 11 is 3.48. The van der Waals surface area contributed by atoms with Crippen LogP contribution in [-0.2, 0) is 5.33 Å². The van der Waals surface area contributed by atoms with Crippen molar-refractivity contribution in [1.29, 1.82) is 0 Å². The van der Waals surface area contributed by atoms with Crippen molar-refractivity contribution in [3.05, 3.63) is 83.9 Å². The lowest BCUT2D eigenvalue weighted by Crippen LogP contribution is -2.09. The van der Waals surface area contributed by atoms with Crippen LogP contribution >= 0.6 is 15.9 Å². The molecule has 3 aromatic rings. The molecule has 3 heteroatoms. The van der Waals surface area contributed by atoms with Gasteiger partial charge in [0.05, 0.1) is 0 Å². The molecule has 0 fully saturated rings. The Balaban J connectivity index is 0.000000161. The Bertz CT molecular complexity index is 720. The third-order valence-corrected chi connectivity index (χ3v) is 3.69. The molecular formula is C18H16BrNO. The Morgan fingerprint density at radius 3 is 2.10 bits per heavy atom. The van der Waals surface area contributed by atoms with Crippen LogP contribution in [-0.4, -0.2) is 5.91 Å². The average molecular weight is 342 g/mol. The number of hydrogen-bond donors (Lipinski definition) is 1. The van der Waals surface area contributed by atoms with Gasteiger partial charge in [0.1, 0.15) is 0 Å². The van der Waals surface area contributed by atoms with Gasteiger partial charge in [0.15, 0.2) is 0 Å². The molecule has 0 radical (unpaired) electrons. The quantitative estimate of drug-likeness (QED) is 0.684. The fourth-order valence-corrected chi connectivity index (χ4v) is 2.50. The molecule has 2 nitrogen and oxygen atoms in total. The summed E-state index contributed by atoms with van der Waals surface area (Å²) in [5, 5.41) is 3.58. The molecule has 0 aliphatic carbocycles. The minimum Gasteiger partial charge on any atom is -0.366 e. The van der Waals surface area contributed by atoms with Crippen LogP contribution in [0.15, 0.2) is 72.8 Å². The molecule has 0 atom stereocenters. The van der Waals surface area contributed by atoms with E-state index in [4.69, 9.17) is 5.73 Å². The first-order valence-electron chi connectivity index (χ1n) is 6.60. The van der Waals surface area contributed by atoms with Crippen LogP contribution in [0.5, 0.6) is 0 Å². The van der Waals surface area contributed by atoms with Crippen LogP contribution in [0.3, 0.4) is 0 Å². The Kier molecular flexibility index (Phi) is 5.52. The molecule has 0 unspecified atom stereocenters. The highest BCUT2D eigenvalue weighted by Gasteiger charge is 1.96. The number of halogens is 1. The molecule has 3 rings (SSSR count). The van der Waals surface area contributed by atoms with Gasteiger partial charge >= 0.3 is 0 Å². The lowest BCUT2D eigenvalue weighted by Gasteiger charge is -2.01. The van der Waals surface area contributed by atoms with Gasteiger partial charge in [-0.25, -0.2) is 0 Å². The number of alkyl halides is 1. The lowest BCUT2D eigenvalue weighted by molar-refractivity contribution is 0.100. The highest BCUT2D eigenvalue weighted by atomic mass is 79.9. The van der Waals surface area contributed by atoms with E-state index in [0.29, 0.717) is 5.56 Å². The van der Waals surface area contributed by atoms with Gasteiger partial charge in [-0.05, 0) is 28.5 Å². The van der Waals surface area contributed by atoms with E-state index >= 15 is 0 Å². The van der Waals surface area contributed by atoms with Crippen LogP contribution in [0.25, 0.3) is 10.8 Å². The number of fused-ring (bicyclic) bond motifs is 1. The van der Waals surface area contributed by atoms with E-state index in [-0.39, 0.29) is 5.91 Å². The second kappa shape index (κ2) is 7.60. The molecule has 0 heterocycles. The molecule has 3 aromatic carbocycles. The zero-order chi connectivity index (χ0) is 15.1. The monoisotopic (exact) mass is 341 g/mol. The Labute approximate surface area is 132 Å². The Hall–Kier alpha value is -2.13. The number of benzene rings is 3. The summed E-state index contributed by atoms with van der Waals surface area (Å²) < 4.78 is 0. The number of hydrogen-bond acceptors (Lipinski definition) is 1. The summed E-state index contributed by atoms with van der Waals surface area (Å²) in [5.74, 6) is -0.379. The maximum atomic E-state index is 10.4. The number of primary amides is 1. The zero-order valence-corrected chi connectivity index (χ0v) is 13.1. The summed E-state index contributed by atoms with van der Waals surface area (Å²) in [7, 11) is 0. The van der Waals surface area contributed by atoms with Gasteiger partial charge in [0.2, 0.25) is 5.91 Å². The first kappa shape index (κ1) is 15.3. The van der Waals surface area contributed by atoms with E-state index in [1.165, 1.54) is 16.3 Å². The molecule has 0 bridgehead atoms. The topological polar surface area (TPSA) is 43.1 Å². The van der Waals surface area contributed by atoms with E-state index in [1.807, 2.05) is 6.07 Å². The van der Waals surface area contributed by atoms with Crippen LogP contribution in [0.2, 0.25) is 0 Å². The molecular weight excluding hydrogens is 326 g/mol. The predicted octanol–water partition coefficient (Wildman–Crippen LogP) is 4.52. The van der Waals surface area contributed by atoms with Gasteiger partial charge in [0, 0.05) is 10.9 Å². The maximum absolute atomic E-state index is 10.4. The van der Waals surface area contributed by atoms with Crippen LogP contribution in [0, 0.1) is 0 Å². The summed E-state index contributed by atoms with van der Waals surface area (Å²) in [6.07, 6.45) is 0. The molecule has 0 aromatic heterocycles. The second-order valence-corrected chi connectivity index (χ2v) is 5.06. The van der Waals surface area contributed by atoms with Crippen molar-refractivity contribution in [2.75, 3.05) is 0 Å². The van der Waals surface area contributed by atoms with E-state index in [1.54, 1.807) is 24.3 Å². The highest BCUT2D eigenvalue weighted by Crippen LogP contribution is 2.19. The predicted molar refractivity (Wildman–Crippen MR) is 91.5 cm³/mol. The van der Waals surface area contributed by atoms with E-state index in [9.17, 15) is 4.79 Å². The van der Waals surface area contributed by atoms with E-state index < -0.39 is 0 Å². The summed E-state index contributed by atoms with van der Waals surface area (Å²) in [4.78, 5) is 10.4. The third-order valence-electron chi connectivity index (χ3n) is 3.08. The molecule has 0 aliphatic rings. The number of rotatable bonds is 2. The van der Waals surface area contributed by atoms with Crippen molar-refractivity contribution < 1.29 is 4.79 Å². The number of carbonyl (C=O) groups excluding carboxylic acids is 1. The molecule has 21 heavy (non-hydrogen) atoms. The third kappa shape index (κ3) is 4.17. The molecule has 0 spiro atoms. The van der Waals surface area contributed by atoms with Gasteiger partial charge in [-0.3, -0.25) is 4.79 Å². The standard InChI is InChI=1S/C11H9Br.C7H7NO/c12-8-10-6-3-5-9-4-1-2-7-11(9)10;8-7(9)6-4-2-1-3-5-6/h1-7H,8H2;1-5H,(H2,8,9). The van der Waals surface area contributed by atoms with Gasteiger partial charge in [-0.1, -0.05) is 76.6 Å². The zero-order valence-electron chi connectivity index (χ0n) is 11.5. The van der Waals surface area contributed by atoms with Crippen molar-refractivity contribution in [3.63, 3.8) is 0 Å². The first-order chi connectivity index (χ1) is 10.2. The highest BCUT2D eigenvalue weighted by molar-refractivity contribution is 9.08. The van der Waals surface area contributed by atoms with Crippen molar-refractivity contribution in [2.24, 2.45) is 5.73 Å². The molecule has 0 aliphatic heterocycles. The first-order valence-corrected chi connectivity index (χ1v) is 7.72. The van der Waals surface area contributed by atoms with Crippen LogP contribution in [0.1, 0.15) is 15.9 Å². The van der Waals surface area contributed by atoms with Crippen LogP contribution in [0.4, 0.5) is 0 Å². The Morgan fingerprint density at radius 1 is 0.857 bits per heavy atom. The van der Waals surface area contributed by atoms with Crippen molar-refractivity contribution in [1.82, 2.24) is 0 Å². The second-order valence-electron chi connectivity index (χ2n) is 4.50. The summed E-state index contributed by atoms with van der Waals surface area (Å²) in [6.45, 7) is 0. The SMILES string of the molecule is BrCc1cccc2ccccc12.NC(=O)c1ccccc1. The molecule has 0 saturated carbocycles. The van der Waals surface area contributed by atoms with Crippen LogP contribution < -0.4 is 5.73 Å². The minimum absolute atomic E-state index is 0.379. The van der Waals surface area contributed by atoms with Gasteiger partial charge < -0.3 is 5.73 Å². The van der Waals surface area contributed by atoms with E-state index in [2.05, 4.69) is 58.4 Å². The minimum atomic E-state index is -0.379. The van der Waals surface area contributed by atoms with Gasteiger partial charge in [-0.15, -0.1) is 0 Å². The number of amides is 1. The summed E-state index contributed by atoms with van der Waals surface area (Å²) in [5.41, 5.74) is 6.88. The van der Waals surface area contributed by atoms with Crippen molar-refractivity contribution in [3.8, 4) is 0 Å². The molecule has 2 N–H and O–H groups in total. The molecule has 1 amide bonds. The normalized spacial score (nSPS) is 9.76. The summed E-state index contributed by atoms with van der Waals surface area (Å²) in [6, 6.07) is 23.6. The molecule has 0 saturated heterocycles. The fraction of sp³-hybridized carbons (Fsp3) is 0.0556. The smallest absolute Gasteiger partial charge is 0.248 e. The van der Waals surface area contributed by atoms with Crippen molar-refractivity contribution in [2.45, 2.75) is 5.33 Å². The van der Waals surface area contributed by atoms with Gasteiger partial charge in [0.25, 0.3) is 0 Å². The average Bonchev–Trinajstić information content (AvgIpc) is 2.55. The molecule has 106 valence electrons. The number of nitrogens with two attached hydrogens (primary N) is 1. The van der Waals surface area contributed by atoms with E-state index in [0.717, 1.165) is 5.33 Å². The largest absolute Gasteiger partial charge is 0.366 e. The number of carbonyl (C=O) groups is 1. The fourth-order valence-electron chi connectivity index (χ4n) is 2.01.